The van der Waals surface area contributed by atoms with Crippen molar-refractivity contribution >= 4 is 11.0 Å². The SMILES string of the molecule is C1=CCN(Cc2oc3ccccc3c2CNC2CC2)CC1. The van der Waals surface area contributed by atoms with Crippen LogP contribution in [-0.4, -0.2) is 24.0 Å². The molecule has 21 heavy (non-hydrogen) atoms. The van der Waals surface area contributed by atoms with Crippen LogP contribution >= 0.6 is 0 Å². The van der Waals surface area contributed by atoms with Gasteiger partial charge in [0.15, 0.2) is 0 Å². The number of nitrogens with zero attached hydrogens (tertiary/aromatic N) is 1. The van der Waals surface area contributed by atoms with Crippen molar-refractivity contribution in [1.29, 1.82) is 0 Å². The van der Waals surface area contributed by atoms with Gasteiger partial charge in [-0.15, -0.1) is 0 Å². The molecule has 1 aromatic carbocycles. The summed E-state index contributed by atoms with van der Waals surface area (Å²) < 4.78 is 6.15. The first-order valence-electron chi connectivity index (χ1n) is 8.00. The number of para-hydroxylation sites is 1. The van der Waals surface area contributed by atoms with Crippen molar-refractivity contribution in [1.82, 2.24) is 10.2 Å². The smallest absolute Gasteiger partial charge is 0.134 e. The van der Waals surface area contributed by atoms with Crippen molar-refractivity contribution in [2.75, 3.05) is 13.1 Å². The highest BCUT2D eigenvalue weighted by Gasteiger charge is 2.23. The lowest BCUT2D eigenvalue weighted by atomic mass is 10.1. The maximum Gasteiger partial charge on any atom is 0.134 e. The first-order valence-corrected chi connectivity index (χ1v) is 8.00. The van der Waals surface area contributed by atoms with Crippen molar-refractivity contribution in [3.63, 3.8) is 0 Å². The lowest BCUT2D eigenvalue weighted by Gasteiger charge is -2.22. The highest BCUT2D eigenvalue weighted by atomic mass is 16.3. The summed E-state index contributed by atoms with van der Waals surface area (Å²) in [5.41, 5.74) is 2.37. The van der Waals surface area contributed by atoms with E-state index in [1.165, 1.54) is 23.8 Å². The highest BCUT2D eigenvalue weighted by molar-refractivity contribution is 5.82. The van der Waals surface area contributed by atoms with Gasteiger partial charge in [0.25, 0.3) is 0 Å². The number of furan rings is 1. The van der Waals surface area contributed by atoms with Crippen molar-refractivity contribution in [3.05, 3.63) is 47.7 Å². The van der Waals surface area contributed by atoms with Gasteiger partial charge in [-0.2, -0.15) is 0 Å². The van der Waals surface area contributed by atoms with Gasteiger partial charge in [0, 0.05) is 36.6 Å². The normalized spacial score (nSPS) is 19.4. The molecule has 1 aromatic heterocycles. The fraction of sp³-hybridized carbons (Fsp3) is 0.444. The molecule has 3 nitrogen and oxygen atoms in total. The zero-order chi connectivity index (χ0) is 14.1. The average molecular weight is 282 g/mol. The Hall–Kier alpha value is -1.58. The molecular weight excluding hydrogens is 260 g/mol. The third kappa shape index (κ3) is 2.89. The Morgan fingerprint density at radius 3 is 2.90 bits per heavy atom. The summed E-state index contributed by atoms with van der Waals surface area (Å²) in [6.07, 6.45) is 8.32. The first-order chi connectivity index (χ1) is 10.4. The van der Waals surface area contributed by atoms with Crippen molar-refractivity contribution in [2.24, 2.45) is 0 Å². The van der Waals surface area contributed by atoms with E-state index in [4.69, 9.17) is 4.42 Å². The van der Waals surface area contributed by atoms with E-state index >= 15 is 0 Å². The second-order valence-electron chi connectivity index (χ2n) is 6.15. The van der Waals surface area contributed by atoms with Gasteiger partial charge in [0.05, 0.1) is 6.54 Å². The molecule has 1 aliphatic heterocycles. The van der Waals surface area contributed by atoms with E-state index in [9.17, 15) is 0 Å². The molecule has 1 saturated carbocycles. The van der Waals surface area contributed by atoms with Crippen LogP contribution in [0.5, 0.6) is 0 Å². The van der Waals surface area contributed by atoms with Crippen LogP contribution in [0.3, 0.4) is 0 Å². The summed E-state index contributed by atoms with van der Waals surface area (Å²) in [4.78, 5) is 2.46. The largest absolute Gasteiger partial charge is 0.459 e. The molecule has 0 spiro atoms. The number of fused-ring (bicyclic) bond motifs is 1. The second-order valence-corrected chi connectivity index (χ2v) is 6.15. The van der Waals surface area contributed by atoms with Crippen LogP contribution in [0.2, 0.25) is 0 Å². The molecule has 0 radical (unpaired) electrons. The molecule has 0 unspecified atom stereocenters. The average Bonchev–Trinajstić information content (AvgIpc) is 3.28. The summed E-state index contributed by atoms with van der Waals surface area (Å²) in [6, 6.07) is 9.14. The molecule has 2 aromatic rings. The Morgan fingerprint density at radius 2 is 2.10 bits per heavy atom. The van der Waals surface area contributed by atoms with Gasteiger partial charge in [-0.05, 0) is 25.3 Å². The van der Waals surface area contributed by atoms with E-state index in [1.54, 1.807) is 0 Å². The summed E-state index contributed by atoms with van der Waals surface area (Å²) in [7, 11) is 0. The van der Waals surface area contributed by atoms with E-state index in [1.807, 2.05) is 0 Å². The minimum Gasteiger partial charge on any atom is -0.459 e. The van der Waals surface area contributed by atoms with Crippen LogP contribution in [0.4, 0.5) is 0 Å². The quantitative estimate of drug-likeness (QED) is 0.852. The maximum absolute atomic E-state index is 6.15. The lowest BCUT2D eigenvalue weighted by molar-refractivity contribution is 0.266. The second kappa shape index (κ2) is 5.66. The van der Waals surface area contributed by atoms with E-state index in [2.05, 4.69) is 46.6 Å². The van der Waals surface area contributed by atoms with Crippen molar-refractivity contribution in [3.8, 4) is 0 Å². The number of hydrogen-bond donors (Lipinski definition) is 1. The van der Waals surface area contributed by atoms with Crippen LogP contribution < -0.4 is 5.32 Å². The topological polar surface area (TPSA) is 28.4 Å². The first kappa shape index (κ1) is 13.1. The van der Waals surface area contributed by atoms with Gasteiger partial charge in [-0.25, -0.2) is 0 Å². The molecular formula is C18H22N2O. The zero-order valence-electron chi connectivity index (χ0n) is 12.3. The molecule has 4 rings (SSSR count). The summed E-state index contributed by atoms with van der Waals surface area (Å²) in [5.74, 6) is 1.14. The molecule has 1 N–H and O–H groups in total. The predicted molar refractivity (Wildman–Crippen MR) is 85.1 cm³/mol. The van der Waals surface area contributed by atoms with Gasteiger partial charge < -0.3 is 9.73 Å². The van der Waals surface area contributed by atoms with Gasteiger partial charge in [-0.3, -0.25) is 4.90 Å². The van der Waals surface area contributed by atoms with Crippen molar-refractivity contribution < 1.29 is 4.42 Å². The molecule has 3 heteroatoms. The molecule has 110 valence electrons. The van der Waals surface area contributed by atoms with Crippen molar-refractivity contribution in [2.45, 2.75) is 38.4 Å². The van der Waals surface area contributed by atoms with Crippen LogP contribution in [0.1, 0.15) is 30.6 Å². The minimum atomic E-state index is 0.726. The van der Waals surface area contributed by atoms with Crippen LogP contribution in [0, 0.1) is 0 Å². The molecule has 2 aliphatic rings. The Balaban J connectivity index is 1.61. The van der Waals surface area contributed by atoms with E-state index in [-0.39, 0.29) is 0 Å². The van der Waals surface area contributed by atoms with E-state index in [0.29, 0.717) is 0 Å². The number of hydrogen-bond acceptors (Lipinski definition) is 3. The summed E-state index contributed by atoms with van der Waals surface area (Å²) in [6.45, 7) is 4.01. The van der Waals surface area contributed by atoms with E-state index < -0.39 is 0 Å². The molecule has 1 fully saturated rings. The zero-order valence-corrected chi connectivity index (χ0v) is 12.3. The lowest BCUT2D eigenvalue weighted by Crippen LogP contribution is -2.27. The molecule has 0 atom stereocenters. The molecule has 0 saturated heterocycles. The van der Waals surface area contributed by atoms with Gasteiger partial charge in [-0.1, -0.05) is 30.4 Å². The number of nitrogens with one attached hydrogen (secondary N) is 1. The molecule has 0 bridgehead atoms. The molecule has 0 amide bonds. The minimum absolute atomic E-state index is 0.726. The van der Waals surface area contributed by atoms with Gasteiger partial charge in [0.1, 0.15) is 11.3 Å². The Labute approximate surface area is 125 Å². The van der Waals surface area contributed by atoms with Crippen LogP contribution in [0.25, 0.3) is 11.0 Å². The summed E-state index contributed by atoms with van der Waals surface area (Å²) >= 11 is 0. The maximum atomic E-state index is 6.15. The Morgan fingerprint density at radius 1 is 1.19 bits per heavy atom. The Kier molecular flexibility index (Phi) is 3.53. The van der Waals surface area contributed by atoms with Crippen LogP contribution in [0.15, 0.2) is 40.8 Å². The van der Waals surface area contributed by atoms with Gasteiger partial charge >= 0.3 is 0 Å². The highest BCUT2D eigenvalue weighted by Crippen LogP contribution is 2.28. The molecule has 2 heterocycles. The monoisotopic (exact) mass is 282 g/mol. The third-order valence-electron chi connectivity index (χ3n) is 4.44. The fourth-order valence-corrected chi connectivity index (χ4v) is 3.04. The standard InChI is InChI=1S/C18H22N2O/c1-4-10-20(11-5-1)13-18-16(12-19-14-8-9-14)15-6-2-3-7-17(15)21-18/h1-4,6-7,14,19H,5,8-13H2. The van der Waals surface area contributed by atoms with Gasteiger partial charge in [0.2, 0.25) is 0 Å². The number of benzene rings is 1. The fourth-order valence-electron chi connectivity index (χ4n) is 3.04. The van der Waals surface area contributed by atoms with E-state index in [0.717, 1.165) is 50.0 Å². The number of rotatable bonds is 5. The van der Waals surface area contributed by atoms with Crippen LogP contribution in [-0.2, 0) is 13.1 Å². The summed E-state index contributed by atoms with van der Waals surface area (Å²) in [5, 5.41) is 4.91. The molecule has 1 aliphatic carbocycles. The third-order valence-corrected chi connectivity index (χ3v) is 4.44. The predicted octanol–water partition coefficient (Wildman–Crippen LogP) is 3.45. The Bertz CT molecular complexity index is 654.